The van der Waals surface area contributed by atoms with Crippen LogP contribution in [-0.4, -0.2) is 50.4 Å². The lowest BCUT2D eigenvalue weighted by molar-refractivity contribution is 0.0172. The van der Waals surface area contributed by atoms with Crippen molar-refractivity contribution < 1.29 is 13.7 Å². The van der Waals surface area contributed by atoms with Crippen molar-refractivity contribution in [1.29, 1.82) is 0 Å². The van der Waals surface area contributed by atoms with E-state index in [2.05, 4.69) is 20.0 Å². The average Bonchev–Trinajstić information content (AvgIpc) is 2.86. The second-order valence-corrected chi connectivity index (χ2v) is 12.2. The van der Waals surface area contributed by atoms with E-state index in [1.807, 2.05) is 71.0 Å². The van der Waals surface area contributed by atoms with Crippen LogP contribution in [0.4, 0.5) is 16.4 Å². The minimum Gasteiger partial charge on any atom is -0.444 e. The number of anilines is 2. The molecule has 1 aromatic heterocycles. The van der Waals surface area contributed by atoms with E-state index in [9.17, 15) is 13.8 Å². The Morgan fingerprint density at radius 1 is 1.15 bits per heavy atom. The molecule has 3 aromatic rings. The number of likely N-dealkylation sites (tertiary alicyclic amines) is 1. The monoisotopic (exact) mass is 551 g/mol. The predicted octanol–water partition coefficient (Wildman–Crippen LogP) is 5.25. The summed E-state index contributed by atoms with van der Waals surface area (Å²) in [6, 6.07) is 14.7. The van der Waals surface area contributed by atoms with Gasteiger partial charge < -0.3 is 15.0 Å². The number of amides is 1. The van der Waals surface area contributed by atoms with Crippen molar-refractivity contribution in [1.82, 2.24) is 14.9 Å². The summed E-state index contributed by atoms with van der Waals surface area (Å²) in [5.41, 5.74) is 3.40. The molecule has 0 saturated carbocycles. The van der Waals surface area contributed by atoms with Crippen molar-refractivity contribution in [2.24, 2.45) is 5.92 Å². The first-order chi connectivity index (χ1) is 18.5. The molecule has 1 aliphatic heterocycles. The molecule has 2 heterocycles. The number of hydrogen-bond acceptors (Lipinski definition) is 6. The van der Waals surface area contributed by atoms with Crippen molar-refractivity contribution in [2.45, 2.75) is 58.0 Å². The molecule has 1 aliphatic rings. The van der Waals surface area contributed by atoms with Gasteiger partial charge in [-0.2, -0.15) is 0 Å². The Kier molecular flexibility index (Phi) is 8.74. The van der Waals surface area contributed by atoms with Gasteiger partial charge in [0, 0.05) is 37.0 Å². The van der Waals surface area contributed by atoms with Crippen LogP contribution in [-0.2, 0) is 15.7 Å². The Bertz CT molecular complexity index is 1400. The number of H-pyrrole nitrogens is 1. The van der Waals surface area contributed by atoms with E-state index in [1.165, 1.54) is 6.07 Å². The van der Waals surface area contributed by atoms with Gasteiger partial charge in [0.05, 0.1) is 10.6 Å². The summed E-state index contributed by atoms with van der Waals surface area (Å²) in [7, 11) is -1.65. The van der Waals surface area contributed by atoms with Crippen LogP contribution in [0.1, 0.15) is 44.7 Å². The first-order valence-electron chi connectivity index (χ1n) is 13.2. The Balaban J connectivity index is 1.40. The van der Waals surface area contributed by atoms with Crippen molar-refractivity contribution in [3.63, 3.8) is 0 Å². The van der Waals surface area contributed by atoms with E-state index in [1.54, 1.807) is 11.0 Å². The molecule has 4 rings (SSSR count). The van der Waals surface area contributed by atoms with Crippen LogP contribution in [0.2, 0.25) is 0 Å². The van der Waals surface area contributed by atoms with E-state index in [0.717, 1.165) is 35.2 Å². The number of nitrogens with zero attached hydrogens (tertiary/aromatic N) is 2. The number of carbonyl (C=O) groups is 1. The molecule has 2 unspecified atom stereocenters. The summed E-state index contributed by atoms with van der Waals surface area (Å²) in [6.07, 6.45) is 1.66. The first kappa shape index (κ1) is 28.4. The fraction of sp³-hybridized carbons (Fsp3) is 0.414. The van der Waals surface area contributed by atoms with Crippen molar-refractivity contribution in [3.05, 3.63) is 70.0 Å². The predicted molar refractivity (Wildman–Crippen MR) is 155 cm³/mol. The molecule has 39 heavy (non-hydrogen) atoms. The van der Waals surface area contributed by atoms with Gasteiger partial charge in [-0.05, 0) is 82.7 Å². The molecule has 0 bridgehead atoms. The Morgan fingerprint density at radius 2 is 1.87 bits per heavy atom. The molecule has 1 amide bonds. The molecule has 2 atom stereocenters. The van der Waals surface area contributed by atoms with Gasteiger partial charge in [0.1, 0.15) is 5.60 Å². The van der Waals surface area contributed by atoms with E-state index in [0.29, 0.717) is 30.2 Å². The highest BCUT2D eigenvalue weighted by molar-refractivity contribution is 7.86. The number of ether oxygens (including phenoxy) is 1. The molecular weight excluding hydrogens is 514 g/mol. The lowest BCUT2D eigenvalue weighted by Crippen LogP contribution is -2.44. The number of nitrogens with one attached hydrogen (secondary N) is 3. The summed E-state index contributed by atoms with van der Waals surface area (Å²) in [5.74, 6) is 0.418. The zero-order chi connectivity index (χ0) is 28.2. The second-order valence-electron chi connectivity index (χ2n) is 11.0. The molecule has 3 N–H and O–H groups in total. The van der Waals surface area contributed by atoms with E-state index in [4.69, 9.17) is 4.74 Å². The molecule has 0 aliphatic carbocycles. The third-order valence-electron chi connectivity index (χ3n) is 6.48. The SMILES string of the molecule is Cc1cccc(C)c1-c1cc(=O)[nH]c(NS(=O)c2cccc(NCC3CCCN(C(=O)OC(C)(C)C)C3)c2)n1. The number of aromatic amines is 1. The molecule has 208 valence electrons. The molecule has 0 spiro atoms. The smallest absolute Gasteiger partial charge is 0.410 e. The van der Waals surface area contributed by atoms with E-state index < -0.39 is 16.6 Å². The summed E-state index contributed by atoms with van der Waals surface area (Å²) in [6.45, 7) is 11.6. The van der Waals surface area contributed by atoms with Gasteiger partial charge in [-0.25, -0.2) is 14.0 Å². The lowest BCUT2D eigenvalue weighted by Gasteiger charge is -2.34. The minimum absolute atomic E-state index is 0.140. The number of benzene rings is 2. The van der Waals surface area contributed by atoms with Crippen molar-refractivity contribution >= 4 is 28.7 Å². The highest BCUT2D eigenvalue weighted by Crippen LogP contribution is 2.26. The number of aromatic nitrogens is 2. The first-order valence-corrected chi connectivity index (χ1v) is 14.3. The topological polar surface area (TPSA) is 116 Å². The number of carbonyl (C=O) groups excluding carboxylic acids is 1. The minimum atomic E-state index is -1.65. The zero-order valence-electron chi connectivity index (χ0n) is 23.2. The number of piperidine rings is 1. The fourth-order valence-electron chi connectivity index (χ4n) is 4.71. The number of aryl methyl sites for hydroxylation is 2. The van der Waals surface area contributed by atoms with Gasteiger partial charge in [0.15, 0.2) is 11.0 Å². The van der Waals surface area contributed by atoms with Gasteiger partial charge in [-0.3, -0.25) is 14.5 Å². The van der Waals surface area contributed by atoms with Gasteiger partial charge in [-0.15, -0.1) is 0 Å². The van der Waals surface area contributed by atoms with Gasteiger partial charge in [0.25, 0.3) is 5.56 Å². The summed E-state index contributed by atoms with van der Waals surface area (Å²) in [4.78, 5) is 34.3. The largest absolute Gasteiger partial charge is 0.444 e. The summed E-state index contributed by atoms with van der Waals surface area (Å²) in [5, 5.41) is 3.42. The second kappa shape index (κ2) is 12.0. The maximum Gasteiger partial charge on any atom is 0.410 e. The van der Waals surface area contributed by atoms with E-state index in [-0.39, 0.29) is 23.5 Å². The van der Waals surface area contributed by atoms with Gasteiger partial charge >= 0.3 is 6.09 Å². The Labute approximate surface area is 232 Å². The highest BCUT2D eigenvalue weighted by Gasteiger charge is 2.27. The van der Waals surface area contributed by atoms with Gasteiger partial charge in [-0.1, -0.05) is 24.3 Å². The molecule has 9 nitrogen and oxygen atoms in total. The quantitative estimate of drug-likeness (QED) is 0.369. The highest BCUT2D eigenvalue weighted by atomic mass is 32.2. The normalized spacial score (nSPS) is 16.4. The molecule has 2 aromatic carbocycles. The van der Waals surface area contributed by atoms with Crippen LogP contribution >= 0.6 is 0 Å². The standard InChI is InChI=1S/C29H37N5O4S/c1-19-9-6-10-20(2)26(19)24-16-25(35)32-27(31-24)33-39(37)23-13-7-12-22(15-23)30-17-21-11-8-14-34(18-21)28(36)38-29(3,4)5/h6-7,9-10,12-13,15-16,21,30H,8,11,14,17-18H2,1-5H3,(H2,31,32,33,35). The zero-order valence-corrected chi connectivity index (χ0v) is 24.0. The average molecular weight is 552 g/mol. The third-order valence-corrected chi connectivity index (χ3v) is 7.54. The molecule has 1 fully saturated rings. The third kappa shape index (κ3) is 7.69. The fourth-order valence-corrected chi connectivity index (χ4v) is 5.53. The van der Waals surface area contributed by atoms with Crippen molar-refractivity contribution in [3.8, 4) is 11.3 Å². The van der Waals surface area contributed by atoms with Crippen LogP contribution in [0, 0.1) is 19.8 Å². The number of rotatable bonds is 7. The molecule has 1 saturated heterocycles. The number of hydrogen-bond donors (Lipinski definition) is 3. The van der Waals surface area contributed by atoms with Gasteiger partial charge in [0.2, 0.25) is 5.95 Å². The summed E-state index contributed by atoms with van der Waals surface area (Å²) < 4.78 is 21.5. The van der Waals surface area contributed by atoms with Crippen LogP contribution < -0.4 is 15.6 Å². The Morgan fingerprint density at radius 3 is 2.59 bits per heavy atom. The summed E-state index contributed by atoms with van der Waals surface area (Å²) >= 11 is 0. The Hall–Kier alpha value is -3.66. The molecule has 0 radical (unpaired) electrons. The van der Waals surface area contributed by atoms with E-state index >= 15 is 0 Å². The lowest BCUT2D eigenvalue weighted by atomic mass is 9.98. The molecular formula is C29H37N5O4S. The maximum absolute atomic E-state index is 13.1. The molecule has 10 heteroatoms. The maximum atomic E-state index is 13.1. The van der Waals surface area contributed by atoms with Crippen LogP contribution in [0.5, 0.6) is 0 Å². The van der Waals surface area contributed by atoms with Crippen LogP contribution in [0.25, 0.3) is 11.3 Å². The van der Waals surface area contributed by atoms with Crippen LogP contribution in [0.15, 0.2) is 58.2 Å². The van der Waals surface area contributed by atoms with Crippen LogP contribution in [0.3, 0.4) is 0 Å². The van der Waals surface area contributed by atoms with Crippen molar-refractivity contribution in [2.75, 3.05) is 29.7 Å².